The Morgan fingerprint density at radius 1 is 0.473 bits per heavy atom. The van der Waals surface area contributed by atoms with E-state index in [1.165, 1.54) is 17.7 Å². The Kier molecular flexibility index (Phi) is 8.08. The Balaban J connectivity index is 1.47. The van der Waals surface area contributed by atoms with E-state index in [4.69, 9.17) is 9.97 Å². The maximum Gasteiger partial charge on any atom is 0.311 e. The minimum Gasteiger partial charge on any atom is -0.502 e. The van der Waals surface area contributed by atoms with Crippen molar-refractivity contribution in [1.29, 1.82) is 0 Å². The second-order valence-electron chi connectivity index (χ2n) is 14.1. The first-order chi connectivity index (χ1) is 26.7. The van der Waals surface area contributed by atoms with E-state index in [9.17, 15) is 15.2 Å². The summed E-state index contributed by atoms with van der Waals surface area (Å²) in [5.74, 6) is -0.404. The molecule has 0 radical (unpaired) electrons. The molecule has 0 atom stereocenters. The van der Waals surface area contributed by atoms with Crippen molar-refractivity contribution in [3.8, 4) is 50.3 Å². The van der Waals surface area contributed by atoms with Crippen LogP contribution in [-0.2, 0) is 0 Å². The summed E-state index contributed by atoms with van der Waals surface area (Å²) >= 11 is 0. The number of nitro benzene ring substituents is 1. The zero-order valence-electron chi connectivity index (χ0n) is 30.4. The van der Waals surface area contributed by atoms with Gasteiger partial charge in [-0.1, -0.05) is 95.6 Å². The van der Waals surface area contributed by atoms with E-state index in [0.717, 1.165) is 78.1 Å². The standard InChI is InChI=1S/C47H35N5O3/c1-27-4-10-30(11-5-27)44-34-17-19-36(48-34)45(31-12-6-28(2)7-13-31)38-21-23-40(50-38)47(33-16-25-43(53)42(26-33)52(54)55)41-24-22-39(51-41)46(37-20-18-35(44)49-37)32-14-8-29(3)9-15-32/h4-26,48,51,53H,1-3H3. The van der Waals surface area contributed by atoms with E-state index in [-0.39, 0.29) is 5.69 Å². The summed E-state index contributed by atoms with van der Waals surface area (Å²) in [6.07, 6.45) is 8.06. The van der Waals surface area contributed by atoms with Gasteiger partial charge in [0.1, 0.15) is 0 Å². The molecule has 0 saturated carbocycles. The normalized spacial score (nSPS) is 12.0. The zero-order chi connectivity index (χ0) is 37.8. The lowest BCUT2D eigenvalue weighted by Crippen LogP contribution is -1.92. The molecule has 8 nitrogen and oxygen atoms in total. The van der Waals surface area contributed by atoms with E-state index in [2.05, 4.69) is 128 Å². The summed E-state index contributed by atoms with van der Waals surface area (Å²) in [5, 5.41) is 22.5. The summed E-state index contributed by atoms with van der Waals surface area (Å²) in [5.41, 5.74) is 16.3. The number of phenols is 1. The van der Waals surface area contributed by atoms with Gasteiger partial charge in [-0.3, -0.25) is 10.1 Å². The second kappa shape index (κ2) is 13.3. The smallest absolute Gasteiger partial charge is 0.311 e. The zero-order valence-corrected chi connectivity index (χ0v) is 30.4. The molecule has 0 aliphatic carbocycles. The van der Waals surface area contributed by atoms with Crippen molar-refractivity contribution < 1.29 is 10.0 Å². The van der Waals surface area contributed by atoms with Crippen molar-refractivity contribution in [2.24, 2.45) is 0 Å². The number of aromatic amines is 2. The Bertz CT molecular complexity index is 2870. The molecule has 55 heavy (non-hydrogen) atoms. The third-order valence-electron chi connectivity index (χ3n) is 10.2. The van der Waals surface area contributed by atoms with Crippen molar-refractivity contribution >= 4 is 52.1 Å². The molecule has 3 aromatic heterocycles. The Morgan fingerprint density at radius 3 is 1.11 bits per heavy atom. The lowest BCUT2D eigenvalue weighted by Gasteiger charge is -2.08. The van der Waals surface area contributed by atoms with Crippen LogP contribution in [0, 0.1) is 30.9 Å². The van der Waals surface area contributed by atoms with E-state index in [0.29, 0.717) is 22.3 Å². The third-order valence-corrected chi connectivity index (χ3v) is 10.2. The van der Waals surface area contributed by atoms with Crippen LogP contribution in [0.2, 0.25) is 0 Å². The maximum atomic E-state index is 12.0. The largest absolute Gasteiger partial charge is 0.502 e. The fourth-order valence-electron chi connectivity index (χ4n) is 7.41. The van der Waals surface area contributed by atoms with Gasteiger partial charge in [0.2, 0.25) is 0 Å². The molecule has 7 aromatic rings. The third kappa shape index (κ3) is 6.09. The van der Waals surface area contributed by atoms with Gasteiger partial charge in [-0.05, 0) is 97.7 Å². The lowest BCUT2D eigenvalue weighted by molar-refractivity contribution is -0.385. The Labute approximate surface area is 317 Å². The molecule has 2 aliphatic rings. The van der Waals surface area contributed by atoms with Gasteiger partial charge in [0.15, 0.2) is 5.75 Å². The van der Waals surface area contributed by atoms with Gasteiger partial charge >= 0.3 is 5.69 Å². The van der Waals surface area contributed by atoms with Crippen molar-refractivity contribution in [3.63, 3.8) is 0 Å². The quantitative estimate of drug-likeness (QED) is 0.121. The average molecular weight is 718 g/mol. The molecule has 2 aliphatic heterocycles. The SMILES string of the molecule is Cc1ccc(-c2c3nc(c(-c4ccc(C)cc4)c4ccc([nH]4)c(-c4ccc(O)c([N+](=O)[O-])c4)c4nc(c(-c5ccc(C)cc5)c5ccc2[nH]5)C=C4)C=C3)cc1. The van der Waals surface area contributed by atoms with Crippen LogP contribution in [0.25, 0.3) is 90.9 Å². The van der Waals surface area contributed by atoms with Gasteiger partial charge in [0, 0.05) is 50.4 Å². The van der Waals surface area contributed by atoms with Crippen LogP contribution in [0.3, 0.4) is 0 Å². The molecule has 0 unspecified atom stereocenters. The predicted octanol–water partition coefficient (Wildman–Crippen LogP) is 11.9. The summed E-state index contributed by atoms with van der Waals surface area (Å²) in [6, 6.07) is 37.9. The van der Waals surface area contributed by atoms with Crippen molar-refractivity contribution in [2.75, 3.05) is 0 Å². The first-order valence-corrected chi connectivity index (χ1v) is 18.1. The van der Waals surface area contributed by atoms with Crippen LogP contribution in [0.1, 0.15) is 39.5 Å². The van der Waals surface area contributed by atoms with Crippen LogP contribution in [-0.4, -0.2) is 30.0 Å². The highest BCUT2D eigenvalue weighted by atomic mass is 16.6. The molecule has 9 rings (SSSR count). The number of benzene rings is 4. The molecule has 3 N–H and O–H groups in total. The highest BCUT2D eigenvalue weighted by Crippen LogP contribution is 2.40. The first-order valence-electron chi connectivity index (χ1n) is 18.1. The fraction of sp³-hybridized carbons (Fsp3) is 0.0638. The van der Waals surface area contributed by atoms with Gasteiger partial charge in [0.25, 0.3) is 0 Å². The summed E-state index contributed by atoms with van der Waals surface area (Å²) in [7, 11) is 0. The summed E-state index contributed by atoms with van der Waals surface area (Å²) in [6.45, 7) is 6.21. The number of aromatic hydroxyl groups is 1. The number of rotatable bonds is 5. The fourth-order valence-corrected chi connectivity index (χ4v) is 7.41. The topological polar surface area (TPSA) is 121 Å². The highest BCUT2D eigenvalue weighted by Gasteiger charge is 2.21. The van der Waals surface area contributed by atoms with Crippen LogP contribution in [0.15, 0.2) is 115 Å². The maximum absolute atomic E-state index is 12.0. The Hall–Kier alpha value is -7.32. The van der Waals surface area contributed by atoms with Gasteiger partial charge in [-0.25, -0.2) is 9.97 Å². The molecule has 4 aromatic carbocycles. The summed E-state index contributed by atoms with van der Waals surface area (Å²) < 4.78 is 0. The number of nitrogens with one attached hydrogen (secondary N) is 2. The minimum atomic E-state index is -0.575. The second-order valence-corrected chi connectivity index (χ2v) is 14.1. The number of aromatic nitrogens is 4. The Morgan fingerprint density at radius 2 is 0.782 bits per heavy atom. The number of nitro groups is 1. The predicted molar refractivity (Wildman–Crippen MR) is 223 cm³/mol. The molecule has 0 saturated heterocycles. The molecule has 266 valence electrons. The molecular formula is C47H35N5O3. The van der Waals surface area contributed by atoms with Crippen molar-refractivity contribution in [2.45, 2.75) is 20.8 Å². The monoisotopic (exact) mass is 717 g/mol. The molecule has 8 bridgehead atoms. The summed E-state index contributed by atoms with van der Waals surface area (Å²) in [4.78, 5) is 29.5. The molecule has 0 amide bonds. The molecule has 0 spiro atoms. The lowest BCUT2D eigenvalue weighted by atomic mass is 10.0. The van der Waals surface area contributed by atoms with Crippen LogP contribution in [0.4, 0.5) is 5.69 Å². The molecule has 8 heteroatoms. The number of fused-ring (bicyclic) bond motifs is 8. The van der Waals surface area contributed by atoms with Gasteiger partial charge in [-0.2, -0.15) is 0 Å². The van der Waals surface area contributed by atoms with E-state index >= 15 is 0 Å². The van der Waals surface area contributed by atoms with Gasteiger partial charge < -0.3 is 15.1 Å². The first kappa shape index (κ1) is 33.5. The number of hydrogen-bond donors (Lipinski definition) is 3. The van der Waals surface area contributed by atoms with E-state index < -0.39 is 10.7 Å². The highest BCUT2D eigenvalue weighted by molar-refractivity contribution is 6.00. The van der Waals surface area contributed by atoms with Crippen LogP contribution >= 0.6 is 0 Å². The molecule has 0 fully saturated rings. The number of hydrogen-bond acceptors (Lipinski definition) is 5. The van der Waals surface area contributed by atoms with E-state index in [1.54, 1.807) is 6.07 Å². The van der Waals surface area contributed by atoms with Gasteiger partial charge in [-0.15, -0.1) is 0 Å². The van der Waals surface area contributed by atoms with Crippen LogP contribution < -0.4 is 0 Å². The molecular weight excluding hydrogens is 683 g/mol. The number of phenolic OH excluding ortho intramolecular Hbond substituents is 1. The number of H-pyrrole nitrogens is 2. The van der Waals surface area contributed by atoms with Crippen molar-refractivity contribution in [1.82, 2.24) is 19.9 Å². The van der Waals surface area contributed by atoms with Crippen molar-refractivity contribution in [3.05, 3.63) is 165 Å². The average Bonchev–Trinajstić information content (AvgIpc) is 4.02. The minimum absolute atomic E-state index is 0.387. The molecule has 5 heterocycles. The van der Waals surface area contributed by atoms with E-state index in [1.807, 2.05) is 24.3 Å². The van der Waals surface area contributed by atoms with Gasteiger partial charge in [0.05, 0.1) is 27.7 Å². The number of aryl methyl sites for hydroxylation is 3. The number of nitrogens with zero attached hydrogens (tertiary/aromatic N) is 3. The van der Waals surface area contributed by atoms with Crippen LogP contribution in [0.5, 0.6) is 5.75 Å².